The van der Waals surface area contributed by atoms with Gasteiger partial charge in [-0.05, 0) is 56.1 Å². The Bertz CT molecular complexity index is 953. The Labute approximate surface area is 162 Å². The van der Waals surface area contributed by atoms with Gasteiger partial charge >= 0.3 is 0 Å². The molecule has 1 saturated carbocycles. The zero-order valence-electron chi connectivity index (χ0n) is 15.3. The number of hydrogen-bond acceptors (Lipinski definition) is 4. The van der Waals surface area contributed by atoms with E-state index in [1.54, 1.807) is 22.8 Å². The Balaban J connectivity index is 1.59. The minimum absolute atomic E-state index is 0.0378. The molecule has 7 heteroatoms. The molecule has 1 aliphatic carbocycles. The van der Waals surface area contributed by atoms with Crippen LogP contribution in [0.4, 0.5) is 0 Å². The molecule has 144 valence electrons. The first-order chi connectivity index (χ1) is 13.1. The summed E-state index contributed by atoms with van der Waals surface area (Å²) in [6, 6.07) is 5.40. The maximum atomic E-state index is 12.9. The lowest BCUT2D eigenvalue weighted by Crippen LogP contribution is -2.36. The summed E-state index contributed by atoms with van der Waals surface area (Å²) >= 11 is 5.39. The minimum Gasteiger partial charge on any atom is -0.376 e. The molecule has 2 heterocycles. The fourth-order valence-electron chi connectivity index (χ4n) is 4.07. The van der Waals surface area contributed by atoms with Crippen LogP contribution in [-0.2, 0) is 11.3 Å². The highest BCUT2D eigenvalue weighted by molar-refractivity contribution is 7.71. The van der Waals surface area contributed by atoms with E-state index < -0.39 is 0 Å². The first-order valence-corrected chi connectivity index (χ1v) is 10.2. The van der Waals surface area contributed by atoms with Crippen molar-refractivity contribution in [1.82, 2.24) is 14.9 Å². The van der Waals surface area contributed by atoms with E-state index in [9.17, 15) is 9.59 Å². The minimum atomic E-state index is -0.136. The van der Waals surface area contributed by atoms with Crippen LogP contribution in [0.15, 0.2) is 23.0 Å². The van der Waals surface area contributed by atoms with Gasteiger partial charge in [-0.25, -0.2) is 0 Å². The maximum Gasteiger partial charge on any atom is 0.262 e. The lowest BCUT2D eigenvalue weighted by atomic mass is 9.95. The van der Waals surface area contributed by atoms with Crippen molar-refractivity contribution in [2.75, 3.05) is 6.61 Å². The lowest BCUT2D eigenvalue weighted by Gasteiger charge is -2.22. The first-order valence-electron chi connectivity index (χ1n) is 9.81. The third kappa shape index (κ3) is 3.99. The number of nitrogens with zero attached hydrogens (tertiary/aromatic N) is 1. The number of carbonyl (C=O) groups excluding carboxylic acids is 1. The number of fused-ring (bicyclic) bond motifs is 1. The summed E-state index contributed by atoms with van der Waals surface area (Å²) < 4.78 is 7.56. The van der Waals surface area contributed by atoms with E-state index in [2.05, 4.69) is 10.3 Å². The molecule has 2 aliphatic rings. The number of rotatable bonds is 4. The van der Waals surface area contributed by atoms with Gasteiger partial charge in [-0.3, -0.25) is 14.2 Å². The van der Waals surface area contributed by atoms with Crippen molar-refractivity contribution in [1.29, 1.82) is 0 Å². The van der Waals surface area contributed by atoms with Crippen LogP contribution in [0.2, 0.25) is 0 Å². The van der Waals surface area contributed by atoms with Gasteiger partial charge in [-0.1, -0.05) is 19.3 Å². The van der Waals surface area contributed by atoms with E-state index in [1.807, 2.05) is 0 Å². The molecule has 0 bridgehead atoms. The van der Waals surface area contributed by atoms with Gasteiger partial charge in [0.15, 0.2) is 4.77 Å². The average molecular weight is 388 g/mol. The number of amides is 1. The largest absolute Gasteiger partial charge is 0.376 e. The normalized spacial score (nSPS) is 20.8. The van der Waals surface area contributed by atoms with Crippen LogP contribution >= 0.6 is 12.2 Å². The van der Waals surface area contributed by atoms with Crippen LogP contribution in [0.3, 0.4) is 0 Å². The molecular weight excluding hydrogens is 362 g/mol. The molecule has 2 fully saturated rings. The van der Waals surface area contributed by atoms with Crippen LogP contribution in [0.25, 0.3) is 10.9 Å². The van der Waals surface area contributed by atoms with E-state index in [1.165, 1.54) is 19.3 Å². The molecule has 0 spiro atoms. The number of benzene rings is 1. The SMILES string of the molecule is O=C(NC1CCCCC1)c1ccc2c(=O)n(C[C@@H]3CCCO3)c(=S)[nH]c2c1. The van der Waals surface area contributed by atoms with Crippen LogP contribution in [0.5, 0.6) is 0 Å². The summed E-state index contributed by atoms with van der Waals surface area (Å²) in [5.41, 5.74) is 1.02. The topological polar surface area (TPSA) is 76.1 Å². The summed E-state index contributed by atoms with van der Waals surface area (Å²) in [7, 11) is 0. The quantitative estimate of drug-likeness (QED) is 0.790. The van der Waals surface area contributed by atoms with E-state index in [4.69, 9.17) is 17.0 Å². The lowest BCUT2D eigenvalue weighted by molar-refractivity contribution is 0.0927. The van der Waals surface area contributed by atoms with Gasteiger partial charge in [0.1, 0.15) is 0 Å². The fraction of sp³-hybridized carbons (Fsp3) is 0.550. The van der Waals surface area contributed by atoms with Gasteiger partial charge in [0.25, 0.3) is 11.5 Å². The van der Waals surface area contributed by atoms with Crippen LogP contribution in [0, 0.1) is 4.77 Å². The van der Waals surface area contributed by atoms with Crippen molar-refractivity contribution < 1.29 is 9.53 Å². The van der Waals surface area contributed by atoms with Crippen molar-refractivity contribution >= 4 is 29.0 Å². The third-order valence-corrected chi connectivity index (χ3v) is 5.92. The number of aromatic amines is 1. The Kier molecular flexibility index (Phi) is 5.41. The van der Waals surface area contributed by atoms with E-state index >= 15 is 0 Å². The van der Waals surface area contributed by atoms with Gasteiger partial charge < -0.3 is 15.0 Å². The second-order valence-corrected chi connectivity index (χ2v) is 7.94. The molecule has 27 heavy (non-hydrogen) atoms. The predicted octanol–water partition coefficient (Wildman–Crippen LogP) is 3.30. The zero-order chi connectivity index (χ0) is 18.8. The van der Waals surface area contributed by atoms with Crippen LogP contribution in [-0.4, -0.2) is 34.2 Å². The van der Waals surface area contributed by atoms with Crippen molar-refractivity contribution in [2.45, 2.75) is 63.6 Å². The highest BCUT2D eigenvalue weighted by Gasteiger charge is 2.19. The molecule has 4 rings (SSSR count). The standard InChI is InChI=1S/C20H25N3O3S/c24-18(21-14-5-2-1-3-6-14)13-8-9-16-17(11-13)22-20(27)23(19(16)25)12-15-7-4-10-26-15/h8-9,11,14-15H,1-7,10,12H2,(H,21,24)(H,22,27)/t15-/m0/s1. The molecule has 0 radical (unpaired) electrons. The first kappa shape index (κ1) is 18.4. The monoisotopic (exact) mass is 387 g/mol. The Morgan fingerprint density at radius 2 is 2.04 bits per heavy atom. The Morgan fingerprint density at radius 3 is 2.78 bits per heavy atom. The maximum absolute atomic E-state index is 12.9. The highest BCUT2D eigenvalue weighted by atomic mass is 32.1. The summed E-state index contributed by atoms with van der Waals surface area (Å²) in [5, 5.41) is 3.65. The molecule has 1 aromatic carbocycles. The van der Waals surface area contributed by atoms with Crippen molar-refractivity contribution in [3.05, 3.63) is 38.9 Å². The molecular formula is C20H25N3O3S. The Morgan fingerprint density at radius 1 is 1.22 bits per heavy atom. The van der Waals surface area contributed by atoms with E-state index in [-0.39, 0.29) is 23.6 Å². The molecule has 1 saturated heterocycles. The molecule has 1 atom stereocenters. The zero-order valence-corrected chi connectivity index (χ0v) is 16.1. The number of carbonyl (C=O) groups is 1. The van der Waals surface area contributed by atoms with Crippen molar-refractivity contribution in [2.24, 2.45) is 0 Å². The summed E-state index contributed by atoms with van der Waals surface area (Å²) in [5.74, 6) is -0.0911. The fourth-order valence-corrected chi connectivity index (χ4v) is 4.34. The molecule has 6 nitrogen and oxygen atoms in total. The summed E-state index contributed by atoms with van der Waals surface area (Å²) in [6.45, 7) is 1.21. The van der Waals surface area contributed by atoms with E-state index in [0.29, 0.717) is 27.8 Å². The summed E-state index contributed by atoms with van der Waals surface area (Å²) in [6.07, 6.45) is 7.65. The molecule has 1 aliphatic heterocycles. The predicted molar refractivity (Wildman–Crippen MR) is 107 cm³/mol. The van der Waals surface area contributed by atoms with Crippen LogP contribution in [0.1, 0.15) is 55.3 Å². The molecule has 1 amide bonds. The number of hydrogen-bond donors (Lipinski definition) is 2. The van der Waals surface area contributed by atoms with E-state index in [0.717, 1.165) is 32.3 Å². The number of aromatic nitrogens is 2. The number of nitrogens with one attached hydrogen (secondary N) is 2. The third-order valence-electron chi connectivity index (χ3n) is 5.59. The molecule has 1 aromatic heterocycles. The molecule has 2 aromatic rings. The molecule has 2 N–H and O–H groups in total. The smallest absolute Gasteiger partial charge is 0.262 e. The van der Waals surface area contributed by atoms with Crippen molar-refractivity contribution in [3.63, 3.8) is 0 Å². The molecule has 0 unspecified atom stereocenters. The average Bonchev–Trinajstić information content (AvgIpc) is 3.19. The summed E-state index contributed by atoms with van der Waals surface area (Å²) in [4.78, 5) is 28.5. The van der Waals surface area contributed by atoms with Crippen molar-refractivity contribution in [3.8, 4) is 0 Å². The van der Waals surface area contributed by atoms with Gasteiger partial charge in [-0.2, -0.15) is 0 Å². The van der Waals surface area contributed by atoms with Crippen LogP contribution < -0.4 is 10.9 Å². The highest BCUT2D eigenvalue weighted by Crippen LogP contribution is 2.19. The number of H-pyrrole nitrogens is 1. The Hall–Kier alpha value is -1.99. The second-order valence-electron chi connectivity index (χ2n) is 7.55. The van der Waals surface area contributed by atoms with Gasteiger partial charge in [-0.15, -0.1) is 0 Å². The number of ether oxygens (including phenoxy) is 1. The second kappa shape index (κ2) is 7.94. The van der Waals surface area contributed by atoms with Gasteiger partial charge in [0, 0.05) is 18.2 Å². The van der Waals surface area contributed by atoms with Gasteiger partial charge in [0.05, 0.1) is 23.6 Å². The van der Waals surface area contributed by atoms with Gasteiger partial charge in [0.2, 0.25) is 0 Å².